The maximum absolute atomic E-state index is 4.29. The third-order valence-corrected chi connectivity index (χ3v) is 1.67. The van der Waals surface area contributed by atoms with Crippen molar-refractivity contribution in [2.75, 3.05) is 0 Å². The van der Waals surface area contributed by atoms with Gasteiger partial charge in [0.2, 0.25) is 0 Å². The van der Waals surface area contributed by atoms with Gasteiger partial charge in [0.05, 0.1) is 17.6 Å². The highest BCUT2D eigenvalue weighted by Gasteiger charge is 1.97. The van der Waals surface area contributed by atoms with Crippen molar-refractivity contribution in [2.45, 2.75) is 41.5 Å². The Morgan fingerprint density at radius 1 is 1.00 bits per heavy atom. The minimum atomic E-state index is 0.910. The van der Waals surface area contributed by atoms with Crippen molar-refractivity contribution >= 4 is 5.65 Å². The van der Waals surface area contributed by atoms with Crippen molar-refractivity contribution < 1.29 is 0 Å². The van der Waals surface area contributed by atoms with E-state index in [1.807, 2.05) is 64.4 Å². The molecule has 0 saturated heterocycles. The largest absolute Gasteiger partial charge is 0.235 e. The number of rotatable bonds is 0. The third-order valence-electron chi connectivity index (χ3n) is 1.67. The zero-order valence-electron chi connectivity index (χ0n) is 10.6. The summed E-state index contributed by atoms with van der Waals surface area (Å²) in [5.41, 5.74) is 3.00. The molecule has 2 aromatic heterocycles. The lowest BCUT2D eigenvalue weighted by Gasteiger charge is -1.95. The van der Waals surface area contributed by atoms with Crippen LogP contribution in [0.5, 0.6) is 0 Å². The van der Waals surface area contributed by atoms with Crippen LogP contribution in [0.15, 0.2) is 18.3 Å². The molecule has 0 unspecified atom stereocenters. The molecule has 0 atom stereocenters. The molecule has 2 aromatic rings. The Bertz CT molecular complexity index is 391. The molecule has 0 bridgehead atoms. The van der Waals surface area contributed by atoms with Gasteiger partial charge in [-0.05, 0) is 26.0 Å². The van der Waals surface area contributed by atoms with E-state index in [9.17, 15) is 0 Å². The van der Waals surface area contributed by atoms with Crippen LogP contribution in [0.3, 0.4) is 0 Å². The Morgan fingerprint density at radius 2 is 1.60 bits per heavy atom. The van der Waals surface area contributed by atoms with E-state index in [1.54, 1.807) is 0 Å². The molecule has 2 heterocycles. The quantitative estimate of drug-likeness (QED) is 0.662. The maximum atomic E-state index is 4.29. The fourth-order valence-electron chi connectivity index (χ4n) is 1.08. The van der Waals surface area contributed by atoms with Crippen molar-refractivity contribution in [3.05, 3.63) is 29.7 Å². The van der Waals surface area contributed by atoms with E-state index in [0.29, 0.717) is 0 Å². The van der Waals surface area contributed by atoms with Crippen LogP contribution in [0, 0.1) is 13.8 Å². The van der Waals surface area contributed by atoms with Gasteiger partial charge in [0, 0.05) is 0 Å². The molecule has 0 radical (unpaired) electrons. The molecule has 0 fully saturated rings. The average Bonchev–Trinajstić information content (AvgIpc) is 2.66. The van der Waals surface area contributed by atoms with E-state index >= 15 is 0 Å². The van der Waals surface area contributed by atoms with Crippen LogP contribution in [0.1, 0.15) is 39.1 Å². The number of hydrogen-bond acceptors (Lipinski definition) is 2. The van der Waals surface area contributed by atoms with Gasteiger partial charge in [0.1, 0.15) is 0 Å². The number of imidazole rings is 1. The first-order valence-corrected chi connectivity index (χ1v) is 5.55. The summed E-state index contributed by atoms with van der Waals surface area (Å²) in [6.45, 7) is 12.0. The molecule has 0 aliphatic carbocycles. The van der Waals surface area contributed by atoms with Gasteiger partial charge in [-0.15, -0.1) is 0 Å². The molecule has 0 aliphatic rings. The summed E-state index contributed by atoms with van der Waals surface area (Å²) in [6, 6.07) is 3.93. The summed E-state index contributed by atoms with van der Waals surface area (Å²) in [5, 5.41) is 4.29. The Balaban J connectivity index is 0.000000442. The second-order valence-electron chi connectivity index (χ2n) is 2.64. The zero-order valence-corrected chi connectivity index (χ0v) is 10.6. The zero-order chi connectivity index (χ0) is 11.8. The summed E-state index contributed by atoms with van der Waals surface area (Å²) in [7, 11) is 0. The topological polar surface area (TPSA) is 30.2 Å². The Kier molecular flexibility index (Phi) is 6.34. The van der Waals surface area contributed by atoms with Crippen molar-refractivity contribution in [2.24, 2.45) is 0 Å². The molecular weight excluding hydrogens is 186 g/mol. The fraction of sp³-hybridized carbons (Fsp3) is 0.500. The molecule has 0 aromatic carbocycles. The standard InChI is InChI=1S/C8H9N3.2C2H6/c1-6-3-4-8-9-5-7(2)11(8)10-6;2*1-2/h3-5H,1-2H3;2*1-2H3. The predicted octanol–water partition coefficient (Wildman–Crippen LogP) is 3.40. The van der Waals surface area contributed by atoms with Crippen LogP contribution in [-0.2, 0) is 0 Å². The highest BCUT2D eigenvalue weighted by Crippen LogP contribution is 2.03. The summed E-state index contributed by atoms with van der Waals surface area (Å²) in [6.07, 6.45) is 1.82. The second-order valence-corrected chi connectivity index (χ2v) is 2.64. The van der Waals surface area contributed by atoms with Gasteiger partial charge in [0.15, 0.2) is 5.65 Å². The summed E-state index contributed by atoms with van der Waals surface area (Å²) >= 11 is 0. The van der Waals surface area contributed by atoms with Gasteiger partial charge in [-0.1, -0.05) is 27.7 Å². The molecule has 0 amide bonds. The van der Waals surface area contributed by atoms with E-state index < -0.39 is 0 Å². The minimum absolute atomic E-state index is 0.910. The summed E-state index contributed by atoms with van der Waals surface area (Å²) < 4.78 is 1.84. The van der Waals surface area contributed by atoms with Crippen molar-refractivity contribution in [3.63, 3.8) is 0 Å². The fourth-order valence-corrected chi connectivity index (χ4v) is 1.08. The van der Waals surface area contributed by atoms with Crippen LogP contribution < -0.4 is 0 Å². The maximum Gasteiger partial charge on any atom is 0.153 e. The molecular formula is C12H21N3. The molecule has 0 aliphatic heterocycles. The highest BCUT2D eigenvalue weighted by molar-refractivity contribution is 5.38. The number of aromatic nitrogens is 3. The summed E-state index contributed by atoms with van der Waals surface area (Å²) in [4.78, 5) is 4.16. The van der Waals surface area contributed by atoms with Gasteiger partial charge in [-0.25, -0.2) is 9.50 Å². The Morgan fingerprint density at radius 3 is 2.20 bits per heavy atom. The average molecular weight is 207 g/mol. The molecule has 0 spiro atoms. The molecule has 15 heavy (non-hydrogen) atoms. The third kappa shape index (κ3) is 3.35. The van der Waals surface area contributed by atoms with Crippen LogP contribution in [-0.4, -0.2) is 14.6 Å². The monoisotopic (exact) mass is 207 g/mol. The van der Waals surface area contributed by atoms with Gasteiger partial charge in [0.25, 0.3) is 0 Å². The van der Waals surface area contributed by atoms with E-state index in [0.717, 1.165) is 17.0 Å². The molecule has 0 N–H and O–H groups in total. The van der Waals surface area contributed by atoms with Gasteiger partial charge in [-0.3, -0.25) is 0 Å². The van der Waals surface area contributed by atoms with E-state index in [1.165, 1.54) is 0 Å². The van der Waals surface area contributed by atoms with E-state index in [2.05, 4.69) is 10.1 Å². The molecule has 0 saturated carbocycles. The first-order chi connectivity index (χ1) is 7.27. The first-order valence-electron chi connectivity index (χ1n) is 5.55. The highest BCUT2D eigenvalue weighted by atomic mass is 15.3. The van der Waals surface area contributed by atoms with Crippen LogP contribution in [0.4, 0.5) is 0 Å². The van der Waals surface area contributed by atoms with Crippen LogP contribution in [0.2, 0.25) is 0 Å². The molecule has 2 rings (SSSR count). The van der Waals surface area contributed by atoms with E-state index in [4.69, 9.17) is 0 Å². The van der Waals surface area contributed by atoms with Gasteiger partial charge in [-0.2, -0.15) is 5.10 Å². The second kappa shape index (κ2) is 6.98. The predicted molar refractivity (Wildman–Crippen MR) is 65.2 cm³/mol. The normalized spacial score (nSPS) is 8.67. The number of aryl methyl sites for hydroxylation is 2. The van der Waals surface area contributed by atoms with E-state index in [-0.39, 0.29) is 0 Å². The smallest absolute Gasteiger partial charge is 0.153 e. The lowest BCUT2D eigenvalue weighted by Crippen LogP contribution is -1.94. The van der Waals surface area contributed by atoms with Crippen molar-refractivity contribution in [1.82, 2.24) is 14.6 Å². The lowest BCUT2D eigenvalue weighted by atomic mass is 10.4. The molecule has 3 heteroatoms. The minimum Gasteiger partial charge on any atom is -0.235 e. The van der Waals surface area contributed by atoms with Crippen molar-refractivity contribution in [3.8, 4) is 0 Å². The Hall–Kier alpha value is -1.38. The number of fused-ring (bicyclic) bond motifs is 1. The first kappa shape index (κ1) is 13.6. The van der Waals surface area contributed by atoms with Crippen molar-refractivity contribution in [1.29, 1.82) is 0 Å². The Labute approximate surface area is 92.2 Å². The van der Waals surface area contributed by atoms with Crippen LogP contribution >= 0.6 is 0 Å². The number of nitrogens with zero attached hydrogens (tertiary/aromatic N) is 3. The van der Waals surface area contributed by atoms with Crippen LogP contribution in [0.25, 0.3) is 5.65 Å². The number of hydrogen-bond donors (Lipinski definition) is 0. The van der Waals surface area contributed by atoms with Gasteiger partial charge < -0.3 is 0 Å². The molecule has 84 valence electrons. The van der Waals surface area contributed by atoms with Gasteiger partial charge >= 0.3 is 0 Å². The SMILES string of the molecule is CC.CC.Cc1ccc2ncc(C)n2n1. The lowest BCUT2D eigenvalue weighted by molar-refractivity contribution is 0.870. The molecule has 3 nitrogen and oxygen atoms in total. The summed E-state index contributed by atoms with van der Waals surface area (Å²) in [5.74, 6) is 0.